The third kappa shape index (κ3) is 5.16. The van der Waals surface area contributed by atoms with Gasteiger partial charge in [0.15, 0.2) is 0 Å². The highest BCUT2D eigenvalue weighted by atomic mass is 16.7. The van der Waals surface area contributed by atoms with Gasteiger partial charge in [-0.3, -0.25) is 14.4 Å². The fourth-order valence-corrected chi connectivity index (χ4v) is 4.19. The molecular formula is C26H34N2O3. The van der Waals surface area contributed by atoms with Gasteiger partial charge in [-0.25, -0.2) is 5.06 Å². The monoisotopic (exact) mass is 422 g/mol. The Labute approximate surface area is 186 Å². The zero-order valence-corrected chi connectivity index (χ0v) is 19.6. The van der Waals surface area contributed by atoms with Crippen LogP contribution >= 0.6 is 0 Å². The van der Waals surface area contributed by atoms with Crippen molar-refractivity contribution in [2.24, 2.45) is 5.92 Å². The van der Waals surface area contributed by atoms with Crippen molar-refractivity contribution < 1.29 is 14.4 Å². The number of rotatable bonds is 6. The first-order chi connectivity index (χ1) is 14.7. The molecule has 2 aromatic carbocycles. The number of amides is 2. The van der Waals surface area contributed by atoms with E-state index in [0.717, 1.165) is 29.7 Å². The van der Waals surface area contributed by atoms with Gasteiger partial charge in [-0.05, 0) is 72.1 Å². The SMILES string of the molecule is CON(C)C(=O)CC(c1ccc2c(c1)CN(C(=O)c1ccc(C)c(C)c1)CC2)C(C)C. The molecule has 1 heterocycles. The number of aryl methyl sites for hydroxylation is 2. The number of nitrogens with zero attached hydrogens (tertiary/aromatic N) is 2. The molecule has 5 nitrogen and oxygen atoms in total. The van der Waals surface area contributed by atoms with Crippen LogP contribution in [0.15, 0.2) is 36.4 Å². The van der Waals surface area contributed by atoms with Crippen LogP contribution in [0.5, 0.6) is 0 Å². The molecule has 1 unspecified atom stereocenters. The normalized spacial score (nSPS) is 14.4. The molecule has 0 bridgehead atoms. The minimum atomic E-state index is -0.0366. The summed E-state index contributed by atoms with van der Waals surface area (Å²) in [6.07, 6.45) is 1.25. The van der Waals surface area contributed by atoms with Crippen molar-refractivity contribution in [3.05, 3.63) is 69.8 Å². The predicted molar refractivity (Wildman–Crippen MR) is 123 cm³/mol. The minimum Gasteiger partial charge on any atom is -0.334 e. The summed E-state index contributed by atoms with van der Waals surface area (Å²) >= 11 is 0. The zero-order valence-electron chi connectivity index (χ0n) is 19.6. The van der Waals surface area contributed by atoms with Crippen molar-refractivity contribution >= 4 is 11.8 Å². The van der Waals surface area contributed by atoms with Crippen LogP contribution in [0.1, 0.15) is 64.4 Å². The highest BCUT2D eigenvalue weighted by Gasteiger charge is 2.26. The Kier molecular flexibility index (Phi) is 7.16. The first-order valence-electron chi connectivity index (χ1n) is 11.0. The van der Waals surface area contributed by atoms with Crippen LogP contribution in [0.2, 0.25) is 0 Å². The number of benzene rings is 2. The molecule has 3 rings (SSSR count). The Morgan fingerprint density at radius 3 is 2.45 bits per heavy atom. The quantitative estimate of drug-likeness (QED) is 0.637. The van der Waals surface area contributed by atoms with Crippen LogP contribution < -0.4 is 0 Å². The number of hydroxylamine groups is 2. The molecule has 0 saturated carbocycles. The van der Waals surface area contributed by atoms with Crippen molar-refractivity contribution in [1.29, 1.82) is 0 Å². The lowest BCUT2D eigenvalue weighted by Gasteiger charge is -2.31. The molecule has 166 valence electrons. The van der Waals surface area contributed by atoms with E-state index in [2.05, 4.69) is 39.0 Å². The largest absolute Gasteiger partial charge is 0.334 e. The second kappa shape index (κ2) is 9.65. The van der Waals surface area contributed by atoms with E-state index in [0.29, 0.717) is 18.9 Å². The summed E-state index contributed by atoms with van der Waals surface area (Å²) in [4.78, 5) is 32.6. The second-order valence-corrected chi connectivity index (χ2v) is 8.93. The number of hydrogen-bond acceptors (Lipinski definition) is 3. The molecule has 0 aliphatic carbocycles. The van der Waals surface area contributed by atoms with E-state index in [1.54, 1.807) is 7.05 Å². The van der Waals surface area contributed by atoms with Gasteiger partial charge in [-0.1, -0.05) is 38.1 Å². The average Bonchev–Trinajstić information content (AvgIpc) is 2.77. The summed E-state index contributed by atoms with van der Waals surface area (Å²) in [6.45, 7) is 9.70. The fourth-order valence-electron chi connectivity index (χ4n) is 4.19. The van der Waals surface area contributed by atoms with Crippen LogP contribution in [-0.2, 0) is 22.6 Å². The molecule has 5 heteroatoms. The van der Waals surface area contributed by atoms with Gasteiger partial charge >= 0.3 is 0 Å². The summed E-state index contributed by atoms with van der Waals surface area (Å²) in [5.41, 5.74) is 6.69. The van der Waals surface area contributed by atoms with Gasteiger partial charge in [-0.15, -0.1) is 0 Å². The molecule has 2 amide bonds. The molecule has 0 aromatic heterocycles. The number of fused-ring (bicyclic) bond motifs is 1. The van der Waals surface area contributed by atoms with Gasteiger partial charge < -0.3 is 4.90 Å². The Hall–Kier alpha value is -2.66. The van der Waals surface area contributed by atoms with Crippen molar-refractivity contribution in [2.75, 3.05) is 20.7 Å². The Bertz CT molecular complexity index is 967. The summed E-state index contributed by atoms with van der Waals surface area (Å²) in [5, 5.41) is 1.29. The van der Waals surface area contributed by atoms with E-state index in [1.807, 2.05) is 30.0 Å². The van der Waals surface area contributed by atoms with E-state index in [-0.39, 0.29) is 17.7 Å². The number of hydrogen-bond donors (Lipinski definition) is 0. The number of carbonyl (C=O) groups is 2. The Balaban J connectivity index is 1.82. The van der Waals surface area contributed by atoms with E-state index in [4.69, 9.17) is 4.84 Å². The molecule has 0 saturated heterocycles. The molecule has 0 fully saturated rings. The molecule has 1 aliphatic heterocycles. The summed E-state index contributed by atoms with van der Waals surface area (Å²) in [6, 6.07) is 12.4. The van der Waals surface area contributed by atoms with Crippen LogP contribution in [0.3, 0.4) is 0 Å². The standard InChI is InChI=1S/C26H34N2O3/c1-17(2)24(15-25(29)27(5)31-6)21-10-9-20-11-12-28(16-23(20)14-21)26(30)22-8-7-18(3)19(4)13-22/h7-10,13-14,17,24H,11-12,15-16H2,1-6H3. The van der Waals surface area contributed by atoms with Crippen LogP contribution in [0.4, 0.5) is 0 Å². The Morgan fingerprint density at radius 1 is 1.06 bits per heavy atom. The number of carbonyl (C=O) groups excluding carboxylic acids is 2. The molecule has 31 heavy (non-hydrogen) atoms. The maximum absolute atomic E-state index is 13.1. The van der Waals surface area contributed by atoms with E-state index < -0.39 is 0 Å². The van der Waals surface area contributed by atoms with Crippen molar-refractivity contribution in [2.45, 2.75) is 53.0 Å². The fraction of sp³-hybridized carbons (Fsp3) is 0.462. The molecule has 0 radical (unpaired) electrons. The third-order valence-electron chi connectivity index (χ3n) is 6.54. The maximum Gasteiger partial charge on any atom is 0.254 e. The highest BCUT2D eigenvalue weighted by molar-refractivity contribution is 5.94. The van der Waals surface area contributed by atoms with Gasteiger partial charge in [0, 0.05) is 32.1 Å². The summed E-state index contributed by atoms with van der Waals surface area (Å²) < 4.78 is 0. The van der Waals surface area contributed by atoms with E-state index >= 15 is 0 Å². The lowest BCUT2D eigenvalue weighted by molar-refractivity contribution is -0.169. The van der Waals surface area contributed by atoms with E-state index in [9.17, 15) is 9.59 Å². The topological polar surface area (TPSA) is 49.9 Å². The molecule has 0 N–H and O–H groups in total. The first kappa shape index (κ1) is 23.0. The van der Waals surface area contributed by atoms with Crippen LogP contribution in [0.25, 0.3) is 0 Å². The van der Waals surface area contributed by atoms with Gasteiger partial charge in [0.25, 0.3) is 5.91 Å². The highest BCUT2D eigenvalue weighted by Crippen LogP contribution is 2.32. The smallest absolute Gasteiger partial charge is 0.254 e. The van der Waals surface area contributed by atoms with Crippen molar-refractivity contribution in [3.8, 4) is 0 Å². The van der Waals surface area contributed by atoms with Gasteiger partial charge in [0.1, 0.15) is 0 Å². The molecule has 1 aliphatic rings. The molecule has 2 aromatic rings. The second-order valence-electron chi connectivity index (χ2n) is 8.93. The van der Waals surface area contributed by atoms with E-state index in [1.165, 1.54) is 28.9 Å². The average molecular weight is 423 g/mol. The van der Waals surface area contributed by atoms with Gasteiger partial charge in [0.05, 0.1) is 7.11 Å². The lowest BCUT2D eigenvalue weighted by Crippen LogP contribution is -2.36. The molecular weight excluding hydrogens is 388 g/mol. The predicted octanol–water partition coefficient (Wildman–Crippen LogP) is 4.65. The third-order valence-corrected chi connectivity index (χ3v) is 6.54. The Morgan fingerprint density at radius 2 is 1.81 bits per heavy atom. The van der Waals surface area contributed by atoms with Crippen LogP contribution in [-0.4, -0.2) is 42.5 Å². The lowest BCUT2D eigenvalue weighted by atomic mass is 9.83. The van der Waals surface area contributed by atoms with Crippen LogP contribution in [0, 0.1) is 19.8 Å². The van der Waals surface area contributed by atoms with Crippen molar-refractivity contribution in [1.82, 2.24) is 9.96 Å². The maximum atomic E-state index is 13.1. The summed E-state index contributed by atoms with van der Waals surface area (Å²) in [5.74, 6) is 0.451. The van der Waals surface area contributed by atoms with Crippen molar-refractivity contribution in [3.63, 3.8) is 0 Å². The zero-order chi connectivity index (χ0) is 22.7. The molecule has 0 spiro atoms. The summed E-state index contributed by atoms with van der Waals surface area (Å²) in [7, 11) is 3.14. The first-order valence-corrected chi connectivity index (χ1v) is 11.0. The van der Waals surface area contributed by atoms with Gasteiger partial charge in [0.2, 0.25) is 5.91 Å². The molecule has 1 atom stereocenters. The van der Waals surface area contributed by atoms with Gasteiger partial charge in [-0.2, -0.15) is 0 Å². The minimum absolute atomic E-state index is 0.0366.